The Labute approximate surface area is 201 Å². The number of nitrogens with zero attached hydrogens (tertiary/aromatic N) is 1. The molecule has 1 unspecified atom stereocenters. The lowest BCUT2D eigenvalue weighted by molar-refractivity contribution is -0.160. The molecule has 1 N–H and O–H groups in total. The van der Waals surface area contributed by atoms with Crippen molar-refractivity contribution in [3.05, 3.63) is 35.6 Å². The number of hydrogen-bond acceptors (Lipinski definition) is 3. The van der Waals surface area contributed by atoms with Gasteiger partial charge in [-0.25, -0.2) is 4.39 Å². The third-order valence-electron chi connectivity index (χ3n) is 9.82. The minimum atomic E-state index is -0.356. The fourth-order valence-corrected chi connectivity index (χ4v) is 8.47. The maximum atomic E-state index is 13.9. The van der Waals surface area contributed by atoms with Crippen LogP contribution < -0.4 is 5.32 Å². The molecule has 7 rings (SSSR count). The molecule has 4 aliphatic carbocycles. The summed E-state index contributed by atoms with van der Waals surface area (Å²) >= 11 is 0. The number of ether oxygens (including phenoxy) is 1. The Hall–Kier alpha value is -1.95. The first-order valence-corrected chi connectivity index (χ1v) is 13.4. The van der Waals surface area contributed by atoms with E-state index in [4.69, 9.17) is 4.74 Å². The maximum Gasteiger partial charge on any atom is 0.242 e. The van der Waals surface area contributed by atoms with Gasteiger partial charge in [0.1, 0.15) is 11.9 Å². The van der Waals surface area contributed by atoms with E-state index < -0.39 is 0 Å². The third kappa shape index (κ3) is 3.86. The van der Waals surface area contributed by atoms with E-state index in [1.54, 1.807) is 0 Å². The molecule has 6 aliphatic rings. The number of hydrogen-bond donors (Lipinski definition) is 1. The Morgan fingerprint density at radius 3 is 2.24 bits per heavy atom. The number of carbonyl (C=O) groups is 2. The van der Waals surface area contributed by atoms with Crippen LogP contribution in [0.15, 0.2) is 24.3 Å². The zero-order valence-electron chi connectivity index (χ0n) is 20.1. The lowest BCUT2D eigenvalue weighted by atomic mass is 9.49. The Morgan fingerprint density at radius 2 is 1.62 bits per heavy atom. The van der Waals surface area contributed by atoms with Gasteiger partial charge in [-0.15, -0.1) is 0 Å². The van der Waals surface area contributed by atoms with Gasteiger partial charge >= 0.3 is 0 Å². The SMILES string of the molecule is O=C(NCC1(c2ccc(F)cc2)CCOCC1)C1CCCN1C(=O)C12CC3CC(CC(C3)C1)C2. The summed E-state index contributed by atoms with van der Waals surface area (Å²) in [6, 6.07) is 6.32. The summed E-state index contributed by atoms with van der Waals surface area (Å²) in [5.74, 6) is 2.14. The van der Waals surface area contributed by atoms with Crippen LogP contribution in [0.4, 0.5) is 4.39 Å². The fourth-order valence-electron chi connectivity index (χ4n) is 8.47. The topological polar surface area (TPSA) is 58.6 Å². The number of carbonyl (C=O) groups excluding carboxylic acids is 2. The quantitative estimate of drug-likeness (QED) is 0.705. The number of nitrogens with one attached hydrogen (secondary N) is 1. The summed E-state index contributed by atoms with van der Waals surface area (Å²) in [5, 5.41) is 3.22. The van der Waals surface area contributed by atoms with Crippen LogP contribution in [0.1, 0.15) is 69.8 Å². The largest absolute Gasteiger partial charge is 0.381 e. The number of halogens is 1. The Bertz CT molecular complexity index is 904. The molecule has 4 bridgehead atoms. The molecule has 184 valence electrons. The summed E-state index contributed by atoms with van der Waals surface area (Å²) < 4.78 is 19.2. The standard InChI is InChI=1S/C28H37FN2O3/c29-23-5-3-22(4-6-23)27(7-10-34-11-8-27)18-30-25(32)24-2-1-9-31(24)26(33)28-15-19-12-20(16-28)14-21(13-19)17-28/h3-6,19-21,24H,1-2,7-18H2,(H,30,32). The molecule has 4 saturated carbocycles. The zero-order chi connectivity index (χ0) is 23.3. The Balaban J connectivity index is 1.16. The first kappa shape index (κ1) is 22.5. The molecule has 6 heteroatoms. The second kappa shape index (κ2) is 8.61. The molecule has 0 radical (unpaired) electrons. The van der Waals surface area contributed by atoms with E-state index in [-0.39, 0.29) is 34.5 Å². The molecule has 1 aromatic carbocycles. The monoisotopic (exact) mass is 468 g/mol. The van der Waals surface area contributed by atoms with E-state index in [9.17, 15) is 14.0 Å². The number of rotatable bonds is 5. The Kier molecular flexibility index (Phi) is 5.70. The predicted molar refractivity (Wildman–Crippen MR) is 126 cm³/mol. The summed E-state index contributed by atoms with van der Waals surface area (Å²) in [4.78, 5) is 29.3. The summed E-state index contributed by atoms with van der Waals surface area (Å²) in [6.45, 7) is 2.47. The zero-order valence-corrected chi connectivity index (χ0v) is 20.1. The van der Waals surface area contributed by atoms with E-state index in [0.29, 0.717) is 44.1 Å². The summed E-state index contributed by atoms with van der Waals surface area (Å²) in [5.41, 5.74) is 0.591. The first-order valence-electron chi connectivity index (χ1n) is 13.4. The highest BCUT2D eigenvalue weighted by Gasteiger charge is 2.56. The van der Waals surface area contributed by atoms with Gasteiger partial charge < -0.3 is 15.0 Å². The molecule has 34 heavy (non-hydrogen) atoms. The van der Waals surface area contributed by atoms with Gasteiger partial charge in [0.25, 0.3) is 0 Å². The first-order chi connectivity index (χ1) is 16.5. The minimum absolute atomic E-state index is 0.0245. The summed E-state index contributed by atoms with van der Waals surface area (Å²) in [6.07, 6.45) is 10.3. The van der Waals surface area contributed by atoms with Gasteiger partial charge in [-0.2, -0.15) is 0 Å². The molecule has 2 saturated heterocycles. The van der Waals surface area contributed by atoms with Crippen molar-refractivity contribution < 1.29 is 18.7 Å². The lowest BCUT2D eigenvalue weighted by Crippen LogP contribution is -2.57. The van der Waals surface area contributed by atoms with Gasteiger partial charge in [-0.05, 0) is 99.7 Å². The smallest absolute Gasteiger partial charge is 0.242 e. The molecule has 0 aromatic heterocycles. The van der Waals surface area contributed by atoms with Crippen molar-refractivity contribution in [1.29, 1.82) is 0 Å². The maximum absolute atomic E-state index is 13.9. The van der Waals surface area contributed by atoms with Crippen molar-refractivity contribution in [2.75, 3.05) is 26.3 Å². The third-order valence-corrected chi connectivity index (χ3v) is 9.82. The van der Waals surface area contributed by atoms with Crippen LogP contribution in [0.3, 0.4) is 0 Å². The van der Waals surface area contributed by atoms with E-state index in [1.165, 1.54) is 31.4 Å². The minimum Gasteiger partial charge on any atom is -0.381 e. The van der Waals surface area contributed by atoms with Gasteiger partial charge in [0, 0.05) is 31.7 Å². The van der Waals surface area contributed by atoms with Crippen molar-refractivity contribution in [2.24, 2.45) is 23.2 Å². The van der Waals surface area contributed by atoms with Crippen LogP contribution in [0.5, 0.6) is 0 Å². The molecule has 0 spiro atoms. The van der Waals surface area contributed by atoms with E-state index in [0.717, 1.165) is 50.5 Å². The summed E-state index contributed by atoms with van der Waals surface area (Å²) in [7, 11) is 0. The number of benzene rings is 1. The molecule has 1 aromatic rings. The molecule has 6 fully saturated rings. The van der Waals surface area contributed by atoms with Crippen molar-refractivity contribution >= 4 is 11.8 Å². The number of amides is 2. The molecular formula is C28H37FN2O3. The molecule has 2 aliphatic heterocycles. The van der Waals surface area contributed by atoms with Crippen LogP contribution in [0.2, 0.25) is 0 Å². The second-order valence-corrected chi connectivity index (χ2v) is 12.0. The van der Waals surface area contributed by atoms with Crippen LogP contribution in [-0.2, 0) is 19.7 Å². The average Bonchev–Trinajstić information content (AvgIpc) is 3.32. The van der Waals surface area contributed by atoms with E-state index >= 15 is 0 Å². The van der Waals surface area contributed by atoms with E-state index in [1.807, 2.05) is 17.0 Å². The molecule has 1 atom stereocenters. The van der Waals surface area contributed by atoms with Crippen LogP contribution in [-0.4, -0.2) is 49.1 Å². The van der Waals surface area contributed by atoms with Crippen LogP contribution in [0, 0.1) is 29.0 Å². The lowest BCUT2D eigenvalue weighted by Gasteiger charge is -2.56. The van der Waals surface area contributed by atoms with Crippen molar-refractivity contribution in [1.82, 2.24) is 10.2 Å². The van der Waals surface area contributed by atoms with Crippen molar-refractivity contribution in [3.63, 3.8) is 0 Å². The number of likely N-dealkylation sites (tertiary alicyclic amines) is 1. The van der Waals surface area contributed by atoms with Gasteiger partial charge in [-0.3, -0.25) is 9.59 Å². The highest BCUT2D eigenvalue weighted by molar-refractivity contribution is 5.91. The second-order valence-electron chi connectivity index (χ2n) is 12.0. The van der Waals surface area contributed by atoms with Crippen LogP contribution >= 0.6 is 0 Å². The Morgan fingerprint density at radius 1 is 1.00 bits per heavy atom. The van der Waals surface area contributed by atoms with Gasteiger partial charge in [-0.1, -0.05) is 12.1 Å². The molecule has 5 nitrogen and oxygen atoms in total. The van der Waals surface area contributed by atoms with Gasteiger partial charge in [0.15, 0.2) is 0 Å². The molecule has 2 amide bonds. The van der Waals surface area contributed by atoms with Gasteiger partial charge in [0.2, 0.25) is 11.8 Å². The van der Waals surface area contributed by atoms with E-state index in [2.05, 4.69) is 5.32 Å². The highest BCUT2D eigenvalue weighted by atomic mass is 19.1. The fraction of sp³-hybridized carbons (Fsp3) is 0.714. The molecular weight excluding hydrogens is 431 g/mol. The van der Waals surface area contributed by atoms with Crippen molar-refractivity contribution in [2.45, 2.75) is 75.7 Å². The van der Waals surface area contributed by atoms with Gasteiger partial charge in [0.05, 0.1) is 5.41 Å². The molecule has 2 heterocycles. The average molecular weight is 469 g/mol. The highest BCUT2D eigenvalue weighted by Crippen LogP contribution is 2.60. The van der Waals surface area contributed by atoms with Crippen LogP contribution in [0.25, 0.3) is 0 Å². The normalized spacial score (nSPS) is 36.0. The van der Waals surface area contributed by atoms with Crippen molar-refractivity contribution in [3.8, 4) is 0 Å². The predicted octanol–water partition coefficient (Wildman–Crippen LogP) is 4.20.